The van der Waals surface area contributed by atoms with Gasteiger partial charge < -0.3 is 21.3 Å². The van der Waals surface area contributed by atoms with Crippen molar-refractivity contribution in [2.45, 2.75) is 38.4 Å². The summed E-state index contributed by atoms with van der Waals surface area (Å²) in [4.78, 5) is 28.0. The number of anilines is 1. The highest BCUT2D eigenvalue weighted by molar-refractivity contribution is 5.97. The number of amides is 1. The average molecular weight is 421 g/mol. The summed E-state index contributed by atoms with van der Waals surface area (Å²) in [5, 5.41) is 6.46. The zero-order valence-corrected chi connectivity index (χ0v) is 17.2. The van der Waals surface area contributed by atoms with Gasteiger partial charge in [-0.1, -0.05) is 6.07 Å². The van der Waals surface area contributed by atoms with Gasteiger partial charge in [0.15, 0.2) is 0 Å². The van der Waals surface area contributed by atoms with Crippen molar-refractivity contribution in [1.29, 1.82) is 0 Å². The molecule has 1 saturated heterocycles. The summed E-state index contributed by atoms with van der Waals surface area (Å²) >= 11 is 0. The van der Waals surface area contributed by atoms with Crippen molar-refractivity contribution in [3.63, 3.8) is 0 Å². The monoisotopic (exact) mass is 421 g/mol. The third-order valence-electron chi connectivity index (χ3n) is 6.03. The molecule has 2 atom stereocenters. The third kappa shape index (κ3) is 3.60. The van der Waals surface area contributed by atoms with Gasteiger partial charge in [-0.25, -0.2) is 14.4 Å². The molecule has 4 N–H and O–H groups in total. The predicted octanol–water partition coefficient (Wildman–Crippen LogP) is 2.14. The number of allylic oxidation sites excluding steroid dienone is 1. The number of nitrogens with one attached hydrogen (secondary N) is 2. The highest BCUT2D eigenvalue weighted by atomic mass is 19.1. The van der Waals surface area contributed by atoms with Crippen LogP contribution in [-0.4, -0.2) is 40.1 Å². The van der Waals surface area contributed by atoms with Gasteiger partial charge in [-0.05, 0) is 43.5 Å². The number of nitrogens with zero attached hydrogens (tertiary/aromatic N) is 4. The largest absolute Gasteiger partial charge is 0.368 e. The van der Waals surface area contributed by atoms with Gasteiger partial charge in [-0.3, -0.25) is 9.79 Å². The number of carbonyl (C=O) groups excluding carboxylic acids is 1. The summed E-state index contributed by atoms with van der Waals surface area (Å²) in [6.07, 6.45) is 6.02. The molecule has 1 fully saturated rings. The average Bonchev–Trinajstić information content (AvgIpc) is 3.28. The van der Waals surface area contributed by atoms with E-state index in [-0.39, 0.29) is 23.7 Å². The molecule has 0 spiro atoms. The molecule has 1 aromatic heterocycles. The predicted molar refractivity (Wildman–Crippen MR) is 115 cm³/mol. The van der Waals surface area contributed by atoms with Crippen molar-refractivity contribution < 1.29 is 9.18 Å². The van der Waals surface area contributed by atoms with Gasteiger partial charge in [0.2, 0.25) is 5.95 Å². The molecule has 5 rings (SSSR count). The summed E-state index contributed by atoms with van der Waals surface area (Å²) in [5.41, 5.74) is 8.91. The fraction of sp³-hybridized carbons (Fsp3) is 0.364. The molecule has 0 aliphatic carbocycles. The lowest BCUT2D eigenvalue weighted by Gasteiger charge is -2.32. The van der Waals surface area contributed by atoms with Crippen LogP contribution in [0.4, 0.5) is 10.3 Å². The van der Waals surface area contributed by atoms with E-state index in [2.05, 4.69) is 30.5 Å². The summed E-state index contributed by atoms with van der Waals surface area (Å²) in [6, 6.07) is 4.23. The molecule has 8 nitrogen and oxygen atoms in total. The maximum absolute atomic E-state index is 14.3. The molecule has 160 valence electrons. The van der Waals surface area contributed by atoms with Crippen molar-refractivity contribution >= 4 is 18.1 Å². The van der Waals surface area contributed by atoms with E-state index in [1.165, 1.54) is 12.1 Å². The zero-order valence-electron chi connectivity index (χ0n) is 17.2. The van der Waals surface area contributed by atoms with E-state index in [1.54, 1.807) is 19.2 Å². The Labute approximate surface area is 179 Å². The van der Waals surface area contributed by atoms with Crippen molar-refractivity contribution in [2.75, 3.05) is 18.8 Å². The Kier molecular flexibility index (Phi) is 4.80. The van der Waals surface area contributed by atoms with Crippen molar-refractivity contribution in [2.24, 2.45) is 4.99 Å². The number of hydrogen-bond acceptors (Lipinski definition) is 7. The summed E-state index contributed by atoms with van der Waals surface area (Å²) in [5.74, 6) is 0.527. The van der Waals surface area contributed by atoms with E-state index in [9.17, 15) is 9.18 Å². The Bertz CT molecular complexity index is 1110. The van der Waals surface area contributed by atoms with Crippen molar-refractivity contribution in [3.05, 3.63) is 64.0 Å². The Morgan fingerprint density at radius 2 is 1.97 bits per heavy atom. The number of rotatable bonds is 3. The van der Waals surface area contributed by atoms with Crippen LogP contribution < -0.4 is 16.4 Å². The first-order valence-electron chi connectivity index (χ1n) is 10.5. The normalized spacial score (nSPS) is 22.6. The molecule has 1 aromatic carbocycles. The third-order valence-corrected chi connectivity index (χ3v) is 6.03. The maximum atomic E-state index is 14.3. The number of carbonyl (C=O) groups is 1. The number of aryl methyl sites for hydroxylation is 1. The number of fused-ring (bicyclic) bond motifs is 1. The van der Waals surface area contributed by atoms with Gasteiger partial charge in [0.1, 0.15) is 17.8 Å². The Morgan fingerprint density at radius 3 is 2.77 bits per heavy atom. The van der Waals surface area contributed by atoms with Crippen LogP contribution in [0.15, 0.2) is 35.1 Å². The van der Waals surface area contributed by atoms with Gasteiger partial charge in [-0.2, -0.15) is 0 Å². The topological polar surface area (TPSA) is 109 Å². The van der Waals surface area contributed by atoms with Crippen LogP contribution in [0.25, 0.3) is 0 Å². The lowest BCUT2D eigenvalue weighted by Crippen LogP contribution is -2.39. The minimum absolute atomic E-state index is 0.142. The van der Waals surface area contributed by atoms with E-state index < -0.39 is 6.17 Å². The molecular weight excluding hydrogens is 397 g/mol. The van der Waals surface area contributed by atoms with E-state index in [4.69, 9.17) is 5.73 Å². The molecule has 3 aliphatic rings. The molecule has 1 unspecified atom stereocenters. The Morgan fingerprint density at radius 1 is 1.16 bits per heavy atom. The molecule has 0 bridgehead atoms. The number of halogens is 1. The van der Waals surface area contributed by atoms with Crippen LogP contribution in [0.5, 0.6) is 0 Å². The quantitative estimate of drug-likeness (QED) is 0.701. The van der Waals surface area contributed by atoms with Gasteiger partial charge >= 0.3 is 0 Å². The minimum Gasteiger partial charge on any atom is -0.368 e. The molecule has 3 aliphatic heterocycles. The van der Waals surface area contributed by atoms with Crippen LogP contribution in [0.1, 0.15) is 57.9 Å². The molecule has 0 radical (unpaired) electrons. The van der Waals surface area contributed by atoms with E-state index in [0.29, 0.717) is 28.9 Å². The van der Waals surface area contributed by atoms with E-state index in [0.717, 1.165) is 37.3 Å². The number of aromatic nitrogens is 2. The maximum Gasteiger partial charge on any atom is 0.255 e. The van der Waals surface area contributed by atoms with Gasteiger partial charge in [-0.15, -0.1) is 0 Å². The van der Waals surface area contributed by atoms with Crippen molar-refractivity contribution in [1.82, 2.24) is 25.5 Å². The first-order valence-corrected chi connectivity index (χ1v) is 10.5. The molecule has 9 heteroatoms. The number of aliphatic imine (C=N–C) groups is 1. The Balaban J connectivity index is 1.48. The van der Waals surface area contributed by atoms with Crippen LogP contribution in [0.2, 0.25) is 0 Å². The van der Waals surface area contributed by atoms with Gasteiger partial charge in [0, 0.05) is 31.3 Å². The minimum atomic E-state index is -0.443. The summed E-state index contributed by atoms with van der Waals surface area (Å²) < 4.78 is 14.3. The zero-order chi connectivity index (χ0) is 21.5. The summed E-state index contributed by atoms with van der Waals surface area (Å²) in [6.45, 7) is 3.73. The first kappa shape index (κ1) is 19.5. The van der Waals surface area contributed by atoms with Crippen molar-refractivity contribution in [3.8, 4) is 0 Å². The second-order valence-corrected chi connectivity index (χ2v) is 8.08. The van der Waals surface area contributed by atoms with E-state index >= 15 is 0 Å². The Hall–Kier alpha value is -3.49. The van der Waals surface area contributed by atoms with E-state index in [1.807, 2.05) is 6.08 Å². The van der Waals surface area contributed by atoms with Crippen LogP contribution >= 0.6 is 0 Å². The fourth-order valence-electron chi connectivity index (χ4n) is 4.60. The standard InChI is InChI=1S/C22H24FN7O/c1-12-19-17(28-22(24)26-12)11-16(27-21(19)31)14-5-4-13(23)10-15(14)20-25-7-6-18(29-20)30-8-2-3-9-30/h4-7,10,16,20,29H,2-3,8-9,11H2,1H3,(H,27,31)(H2,24,26,28)/t16-,20?/m1/s1. The fourth-order valence-corrected chi connectivity index (χ4v) is 4.60. The second-order valence-electron chi connectivity index (χ2n) is 8.08. The number of benzene rings is 1. The number of hydrogen-bond donors (Lipinski definition) is 3. The molecule has 4 heterocycles. The van der Waals surface area contributed by atoms with Crippen LogP contribution in [-0.2, 0) is 6.42 Å². The van der Waals surface area contributed by atoms with Crippen LogP contribution in [0.3, 0.4) is 0 Å². The summed E-state index contributed by atoms with van der Waals surface area (Å²) in [7, 11) is 0. The molecule has 2 aromatic rings. The molecule has 31 heavy (non-hydrogen) atoms. The molecular formula is C22H24FN7O. The van der Waals surface area contributed by atoms with Gasteiger partial charge in [0.05, 0.1) is 23.0 Å². The second kappa shape index (κ2) is 7.64. The van der Waals surface area contributed by atoms with Gasteiger partial charge in [0.25, 0.3) is 5.91 Å². The number of nitrogen functional groups attached to an aromatic ring is 1. The molecule has 0 saturated carbocycles. The highest BCUT2D eigenvalue weighted by Gasteiger charge is 2.32. The van der Waals surface area contributed by atoms with Crippen LogP contribution in [0, 0.1) is 12.7 Å². The SMILES string of the molecule is Cc1nc(N)nc2c1C(=O)N[C@@H](c1ccc(F)cc1C1N=CC=C(N3CCCC3)N1)C2. The lowest BCUT2D eigenvalue weighted by atomic mass is 9.90. The smallest absolute Gasteiger partial charge is 0.255 e. The highest BCUT2D eigenvalue weighted by Crippen LogP contribution is 2.33. The number of nitrogens with two attached hydrogens (primary N) is 1. The lowest BCUT2D eigenvalue weighted by molar-refractivity contribution is 0.0922. The number of likely N-dealkylation sites (tertiary alicyclic amines) is 1. The first-order chi connectivity index (χ1) is 15.0. The molecule has 1 amide bonds.